The van der Waals surface area contributed by atoms with Crippen LogP contribution in [0, 0.1) is 24.7 Å². The fourth-order valence-electron chi connectivity index (χ4n) is 7.24. The van der Waals surface area contributed by atoms with E-state index in [0.717, 1.165) is 66.8 Å². The van der Waals surface area contributed by atoms with E-state index < -0.39 is 0 Å². The third-order valence-electron chi connectivity index (χ3n) is 10.6. The SMILES string of the molecule is C#CCOc1c2cc(C(C)(C)C)cc1Cc1cc(C(C)(C)C)cc(c1O)Cc1cc(C(C)(C)C)cc(c1OCC#C)Cc1cc(C(C)(C)C)cc(c1O)C2. The lowest BCUT2D eigenvalue weighted by atomic mass is 9.79. The molecule has 0 radical (unpaired) electrons. The topological polar surface area (TPSA) is 58.9 Å². The smallest absolute Gasteiger partial charge is 0.148 e. The minimum atomic E-state index is -0.189. The number of fused-ring (bicyclic) bond motifs is 8. The normalized spacial score (nSPS) is 13.5. The molecule has 0 heterocycles. The van der Waals surface area contributed by atoms with Crippen molar-refractivity contribution in [1.29, 1.82) is 0 Å². The Bertz CT molecular complexity index is 1890. The van der Waals surface area contributed by atoms with Crippen LogP contribution in [0.4, 0.5) is 0 Å². The lowest BCUT2D eigenvalue weighted by Gasteiger charge is -2.28. The maximum Gasteiger partial charge on any atom is 0.148 e. The summed E-state index contributed by atoms with van der Waals surface area (Å²) in [6.45, 7) is 26.6. The molecule has 0 amide bonds. The average Bonchev–Trinajstić information content (AvgIpc) is 3.04. The van der Waals surface area contributed by atoms with Crippen molar-refractivity contribution in [3.05, 3.63) is 115 Å². The van der Waals surface area contributed by atoms with Gasteiger partial charge in [-0.05, 0) is 88.4 Å². The van der Waals surface area contributed by atoms with Crippen LogP contribution in [-0.4, -0.2) is 23.4 Å². The molecule has 4 aromatic rings. The Morgan fingerprint density at radius 2 is 0.630 bits per heavy atom. The number of phenols is 2. The summed E-state index contributed by atoms with van der Waals surface area (Å²) in [5, 5.41) is 24.5. The lowest BCUT2D eigenvalue weighted by Crippen LogP contribution is -2.16. The first-order valence-corrected chi connectivity index (χ1v) is 19.2. The van der Waals surface area contributed by atoms with E-state index in [-0.39, 0.29) is 46.4 Å². The summed E-state index contributed by atoms with van der Waals surface area (Å²) in [5.41, 5.74) is 10.8. The average molecular weight is 725 g/mol. The third kappa shape index (κ3) is 8.77. The summed E-state index contributed by atoms with van der Waals surface area (Å²) in [7, 11) is 0. The maximum absolute atomic E-state index is 12.3. The number of ether oxygens (including phenoxy) is 2. The molecule has 0 aliphatic heterocycles. The Labute approximate surface area is 325 Å². The molecule has 54 heavy (non-hydrogen) atoms. The highest BCUT2D eigenvalue weighted by Gasteiger charge is 2.28. The van der Waals surface area contributed by atoms with Crippen LogP contribution in [0.2, 0.25) is 0 Å². The fraction of sp³-hybridized carbons (Fsp3) is 0.440. The van der Waals surface area contributed by atoms with Crippen molar-refractivity contribution in [3.8, 4) is 47.7 Å². The zero-order chi connectivity index (χ0) is 40.0. The van der Waals surface area contributed by atoms with Gasteiger partial charge in [-0.2, -0.15) is 0 Å². The van der Waals surface area contributed by atoms with Crippen molar-refractivity contribution in [2.45, 2.75) is 130 Å². The monoisotopic (exact) mass is 724 g/mol. The number of phenolic OH excluding ortho intramolecular Hbond substituents is 2. The van der Waals surface area contributed by atoms with Crippen LogP contribution in [-0.2, 0) is 47.3 Å². The number of aromatic hydroxyl groups is 2. The molecular formula is C50H60O4. The predicted molar refractivity (Wildman–Crippen MR) is 224 cm³/mol. The van der Waals surface area contributed by atoms with Gasteiger partial charge in [-0.1, -0.05) is 143 Å². The van der Waals surface area contributed by atoms with Crippen molar-refractivity contribution in [3.63, 3.8) is 0 Å². The molecule has 1 aliphatic rings. The van der Waals surface area contributed by atoms with Crippen molar-refractivity contribution < 1.29 is 19.7 Å². The highest BCUT2D eigenvalue weighted by molar-refractivity contribution is 5.59. The first-order valence-electron chi connectivity index (χ1n) is 19.2. The summed E-state index contributed by atoms with van der Waals surface area (Å²) in [6.07, 6.45) is 13.3. The number of hydrogen-bond acceptors (Lipinski definition) is 4. The van der Waals surface area contributed by atoms with E-state index in [1.165, 1.54) is 0 Å². The van der Waals surface area contributed by atoms with Gasteiger partial charge in [0.05, 0.1) is 0 Å². The predicted octanol–water partition coefficient (Wildman–Crippen LogP) is 11.0. The second-order valence-electron chi connectivity index (χ2n) is 19.2. The quantitative estimate of drug-likeness (QED) is 0.181. The van der Waals surface area contributed by atoms with Crippen LogP contribution in [0.3, 0.4) is 0 Å². The molecule has 1 aliphatic carbocycles. The highest BCUT2D eigenvalue weighted by Crippen LogP contribution is 2.43. The van der Waals surface area contributed by atoms with E-state index in [4.69, 9.17) is 22.3 Å². The minimum absolute atomic E-state index is 0.0958. The fourth-order valence-corrected chi connectivity index (χ4v) is 7.24. The van der Waals surface area contributed by atoms with Crippen LogP contribution in [0.1, 0.15) is 150 Å². The van der Waals surface area contributed by atoms with Crippen molar-refractivity contribution in [2.75, 3.05) is 13.2 Å². The van der Waals surface area contributed by atoms with E-state index >= 15 is 0 Å². The molecule has 0 unspecified atom stereocenters. The number of rotatable bonds is 4. The van der Waals surface area contributed by atoms with Gasteiger partial charge in [0.2, 0.25) is 0 Å². The second-order valence-corrected chi connectivity index (χ2v) is 19.2. The molecule has 284 valence electrons. The molecule has 0 fully saturated rings. The van der Waals surface area contributed by atoms with Crippen LogP contribution in [0.25, 0.3) is 0 Å². The zero-order valence-corrected chi connectivity index (χ0v) is 34.7. The van der Waals surface area contributed by atoms with Crippen LogP contribution < -0.4 is 9.47 Å². The Morgan fingerprint density at radius 3 is 0.815 bits per heavy atom. The van der Waals surface area contributed by atoms with Crippen molar-refractivity contribution >= 4 is 0 Å². The van der Waals surface area contributed by atoms with Gasteiger partial charge in [-0.15, -0.1) is 12.8 Å². The van der Waals surface area contributed by atoms with Gasteiger partial charge in [0.1, 0.15) is 36.2 Å². The van der Waals surface area contributed by atoms with Gasteiger partial charge in [0, 0.05) is 25.7 Å². The Balaban J connectivity index is 1.96. The summed E-state index contributed by atoms with van der Waals surface area (Å²) in [5.74, 6) is 7.24. The Hall–Kier alpha value is -4.80. The molecule has 0 saturated heterocycles. The second kappa shape index (κ2) is 14.8. The number of hydrogen-bond donors (Lipinski definition) is 2. The number of terminal acetylenes is 2. The van der Waals surface area contributed by atoms with E-state index in [1.807, 2.05) is 0 Å². The Morgan fingerprint density at radius 1 is 0.426 bits per heavy atom. The van der Waals surface area contributed by atoms with Gasteiger partial charge >= 0.3 is 0 Å². The largest absolute Gasteiger partial charge is 0.507 e. The summed E-state index contributed by atoms with van der Waals surface area (Å²) in [6, 6.07) is 17.3. The van der Waals surface area contributed by atoms with Gasteiger partial charge in [-0.3, -0.25) is 0 Å². The minimum Gasteiger partial charge on any atom is -0.507 e. The summed E-state index contributed by atoms with van der Waals surface area (Å²) < 4.78 is 12.9. The van der Waals surface area contributed by atoms with Gasteiger partial charge in [0.25, 0.3) is 0 Å². The molecule has 5 rings (SSSR count). The van der Waals surface area contributed by atoms with Crippen molar-refractivity contribution in [2.24, 2.45) is 0 Å². The van der Waals surface area contributed by atoms with Gasteiger partial charge < -0.3 is 19.7 Å². The standard InChI is InChI=1S/C50H60O4/c1-15-17-53-45-35-19-31-23-39(47(3,4)5)25-33(43(31)51)21-37-29-42(50(12,13)14)30-38(46(37)54-18-16-2)22-34-26-40(48(6,7)8)24-32(44(34)52)20-36(45)28-41(27-35)49(9,10)11/h1-2,23-30,51-52H,17-22H2,3-14H3. The third-order valence-corrected chi connectivity index (χ3v) is 10.6. The highest BCUT2D eigenvalue weighted by atomic mass is 16.5. The van der Waals surface area contributed by atoms with Gasteiger partial charge in [0.15, 0.2) is 0 Å². The first kappa shape index (κ1) is 40.4. The number of benzene rings is 4. The van der Waals surface area contributed by atoms with Crippen molar-refractivity contribution in [1.82, 2.24) is 0 Å². The van der Waals surface area contributed by atoms with Crippen LogP contribution in [0.5, 0.6) is 23.0 Å². The van der Waals surface area contributed by atoms with Gasteiger partial charge in [-0.25, -0.2) is 0 Å². The Kier molecular flexibility index (Phi) is 11.1. The molecular weight excluding hydrogens is 665 g/mol. The summed E-state index contributed by atoms with van der Waals surface area (Å²) in [4.78, 5) is 0. The van der Waals surface area contributed by atoms with Crippen LogP contribution in [0.15, 0.2) is 48.5 Å². The molecule has 0 spiro atoms. The molecule has 4 nitrogen and oxygen atoms in total. The molecule has 4 heteroatoms. The van der Waals surface area contributed by atoms with E-state index in [2.05, 4.69) is 143 Å². The first-order chi connectivity index (χ1) is 25.0. The van der Waals surface area contributed by atoms with E-state index in [0.29, 0.717) is 37.2 Å². The van der Waals surface area contributed by atoms with Crippen LogP contribution >= 0.6 is 0 Å². The molecule has 8 bridgehead atoms. The zero-order valence-electron chi connectivity index (χ0n) is 34.7. The molecule has 0 aromatic heterocycles. The molecule has 0 saturated carbocycles. The summed E-state index contributed by atoms with van der Waals surface area (Å²) >= 11 is 0. The molecule has 0 atom stereocenters. The maximum atomic E-state index is 12.3. The van der Waals surface area contributed by atoms with E-state index in [1.54, 1.807) is 0 Å². The van der Waals surface area contributed by atoms with E-state index in [9.17, 15) is 10.2 Å². The lowest BCUT2D eigenvalue weighted by molar-refractivity contribution is 0.361. The molecule has 4 aromatic carbocycles. The molecule has 2 N–H and O–H groups in total.